The average molecular weight is 289 g/mol. The third-order valence-corrected chi connectivity index (χ3v) is 3.98. The molecule has 0 saturated carbocycles. The summed E-state index contributed by atoms with van der Waals surface area (Å²) in [6.45, 7) is 0.533. The molecule has 2 N–H and O–H groups in total. The maximum Gasteiger partial charge on any atom is 0.305 e. The van der Waals surface area contributed by atoms with Gasteiger partial charge >= 0.3 is 5.97 Å². The predicted octanol–water partition coefficient (Wildman–Crippen LogP) is 2.26. The van der Waals surface area contributed by atoms with Gasteiger partial charge < -0.3 is 15.0 Å². The molecule has 0 aliphatic carbocycles. The minimum absolute atomic E-state index is 0.0401. The molecule has 2 aromatic heterocycles. The zero-order chi connectivity index (χ0) is 14.5. The van der Waals surface area contributed by atoms with Crippen LogP contribution >= 0.6 is 11.3 Å². The van der Waals surface area contributed by atoms with Crippen molar-refractivity contribution < 1.29 is 9.90 Å². The minimum atomic E-state index is -0.832. The summed E-state index contributed by atoms with van der Waals surface area (Å²) in [5, 5.41) is 23.1. The summed E-state index contributed by atoms with van der Waals surface area (Å²) in [5.41, 5.74) is 1.56. The summed E-state index contributed by atoms with van der Waals surface area (Å²) in [6.07, 6.45) is 1.91. The molecule has 0 amide bonds. The van der Waals surface area contributed by atoms with E-state index in [0.717, 1.165) is 10.4 Å². The van der Waals surface area contributed by atoms with Crippen LogP contribution in [0.4, 0.5) is 0 Å². The first-order chi connectivity index (χ1) is 9.60. The quantitative estimate of drug-likeness (QED) is 0.855. The maximum atomic E-state index is 10.9. The lowest BCUT2D eigenvalue weighted by atomic mass is 10.1. The number of carboxylic acids is 1. The molecule has 0 saturated heterocycles. The second-order valence-electron chi connectivity index (χ2n) is 4.50. The number of carboxylic acid groups (broad SMARTS) is 1. The lowest BCUT2D eigenvalue weighted by molar-refractivity contribution is -0.137. The third kappa shape index (κ3) is 3.47. The van der Waals surface area contributed by atoms with Gasteiger partial charge in [-0.3, -0.25) is 4.79 Å². The molecule has 0 fully saturated rings. The van der Waals surface area contributed by atoms with Crippen molar-refractivity contribution in [3.8, 4) is 6.07 Å². The van der Waals surface area contributed by atoms with Crippen LogP contribution in [0.3, 0.4) is 0 Å². The van der Waals surface area contributed by atoms with E-state index in [1.165, 1.54) is 11.3 Å². The van der Waals surface area contributed by atoms with Crippen molar-refractivity contribution in [1.82, 2.24) is 9.88 Å². The van der Waals surface area contributed by atoms with E-state index in [4.69, 9.17) is 10.4 Å². The molecule has 0 radical (unpaired) electrons. The van der Waals surface area contributed by atoms with Crippen molar-refractivity contribution >= 4 is 17.3 Å². The largest absolute Gasteiger partial charge is 0.481 e. The number of aliphatic carboxylic acids is 1. The van der Waals surface area contributed by atoms with E-state index in [-0.39, 0.29) is 12.5 Å². The zero-order valence-corrected chi connectivity index (χ0v) is 11.9. The molecule has 104 valence electrons. The normalized spacial score (nSPS) is 12.0. The fourth-order valence-electron chi connectivity index (χ4n) is 2.02. The van der Waals surface area contributed by atoms with Gasteiger partial charge in [-0.15, -0.1) is 11.3 Å². The third-order valence-electron chi connectivity index (χ3n) is 2.99. The van der Waals surface area contributed by atoms with Crippen LogP contribution < -0.4 is 5.32 Å². The number of aromatic nitrogens is 1. The fraction of sp³-hybridized carbons (Fsp3) is 0.286. The first kappa shape index (κ1) is 14.3. The molecule has 2 rings (SSSR count). The van der Waals surface area contributed by atoms with E-state index in [1.807, 2.05) is 30.8 Å². The Hall–Kier alpha value is -2.10. The van der Waals surface area contributed by atoms with Crippen molar-refractivity contribution in [1.29, 1.82) is 5.26 Å². The molecule has 2 aromatic rings. The Balaban J connectivity index is 2.05. The molecule has 20 heavy (non-hydrogen) atoms. The summed E-state index contributed by atoms with van der Waals surface area (Å²) in [5.74, 6) is -0.832. The average Bonchev–Trinajstić information content (AvgIpc) is 3.03. The molecule has 0 bridgehead atoms. The van der Waals surface area contributed by atoms with E-state index in [9.17, 15) is 4.79 Å². The lowest BCUT2D eigenvalue weighted by Crippen LogP contribution is -2.22. The van der Waals surface area contributed by atoms with E-state index in [2.05, 4.69) is 11.4 Å². The zero-order valence-electron chi connectivity index (χ0n) is 11.0. The van der Waals surface area contributed by atoms with Crippen molar-refractivity contribution in [3.63, 3.8) is 0 Å². The summed E-state index contributed by atoms with van der Waals surface area (Å²) >= 11 is 1.54. The Labute approximate surface area is 121 Å². The highest BCUT2D eigenvalue weighted by Crippen LogP contribution is 2.22. The van der Waals surface area contributed by atoms with Gasteiger partial charge in [-0.1, -0.05) is 6.07 Å². The van der Waals surface area contributed by atoms with Gasteiger partial charge in [0, 0.05) is 24.7 Å². The molecule has 5 nitrogen and oxygen atoms in total. The molecular formula is C14H15N3O2S. The van der Waals surface area contributed by atoms with E-state index >= 15 is 0 Å². The van der Waals surface area contributed by atoms with Crippen LogP contribution in [-0.4, -0.2) is 15.6 Å². The number of thiophene rings is 1. The van der Waals surface area contributed by atoms with Gasteiger partial charge in [0.05, 0.1) is 12.5 Å². The highest BCUT2D eigenvalue weighted by molar-refractivity contribution is 7.10. The fourth-order valence-corrected chi connectivity index (χ4v) is 2.82. The topological polar surface area (TPSA) is 78.1 Å². The number of rotatable bonds is 6. The van der Waals surface area contributed by atoms with Crippen LogP contribution in [0.25, 0.3) is 0 Å². The summed E-state index contributed by atoms with van der Waals surface area (Å²) in [7, 11) is 1.82. The van der Waals surface area contributed by atoms with Crippen LogP contribution in [0.2, 0.25) is 0 Å². The highest BCUT2D eigenvalue weighted by atomic mass is 32.1. The van der Waals surface area contributed by atoms with Gasteiger partial charge in [-0.05, 0) is 23.1 Å². The molecule has 0 aliphatic heterocycles. The molecule has 1 atom stereocenters. The number of hydrogen-bond acceptors (Lipinski definition) is 4. The Morgan fingerprint density at radius 2 is 2.45 bits per heavy atom. The second kappa shape index (κ2) is 6.37. The summed E-state index contributed by atoms with van der Waals surface area (Å²) < 4.78 is 1.76. The number of nitrogens with zero attached hydrogens (tertiary/aromatic N) is 2. The van der Waals surface area contributed by atoms with Crippen LogP contribution in [0, 0.1) is 11.3 Å². The van der Waals surface area contributed by atoms with E-state index < -0.39 is 5.97 Å². The number of nitrogens with one attached hydrogen (secondary N) is 1. The minimum Gasteiger partial charge on any atom is -0.481 e. The monoisotopic (exact) mass is 289 g/mol. The molecule has 6 heteroatoms. The van der Waals surface area contributed by atoms with Gasteiger partial charge in [-0.2, -0.15) is 5.26 Å². The first-order valence-corrected chi connectivity index (χ1v) is 7.02. The highest BCUT2D eigenvalue weighted by Gasteiger charge is 2.16. The van der Waals surface area contributed by atoms with Crippen LogP contribution in [0.15, 0.2) is 29.8 Å². The smallest absolute Gasteiger partial charge is 0.305 e. The van der Waals surface area contributed by atoms with Crippen LogP contribution in [-0.2, 0) is 18.4 Å². The van der Waals surface area contributed by atoms with Crippen molar-refractivity contribution in [2.24, 2.45) is 7.05 Å². The molecule has 0 aliphatic rings. The van der Waals surface area contributed by atoms with Gasteiger partial charge in [0.25, 0.3) is 0 Å². The van der Waals surface area contributed by atoms with Crippen molar-refractivity contribution in [2.45, 2.75) is 19.0 Å². The SMILES string of the molecule is Cn1cc(CNC(CC(=O)O)c2cccs2)cc1C#N. The van der Waals surface area contributed by atoms with Crippen molar-refractivity contribution in [3.05, 3.63) is 45.9 Å². The van der Waals surface area contributed by atoms with Crippen LogP contribution in [0.1, 0.15) is 28.6 Å². The van der Waals surface area contributed by atoms with Gasteiger partial charge in [-0.25, -0.2) is 0 Å². The summed E-state index contributed by atoms with van der Waals surface area (Å²) in [4.78, 5) is 11.9. The predicted molar refractivity (Wildman–Crippen MR) is 76.3 cm³/mol. The number of nitriles is 1. The molecule has 1 unspecified atom stereocenters. The Morgan fingerprint density at radius 1 is 1.65 bits per heavy atom. The number of hydrogen-bond donors (Lipinski definition) is 2. The van der Waals surface area contributed by atoms with Gasteiger partial charge in [0.15, 0.2) is 0 Å². The van der Waals surface area contributed by atoms with Gasteiger partial charge in [0.2, 0.25) is 0 Å². The van der Waals surface area contributed by atoms with Crippen molar-refractivity contribution in [2.75, 3.05) is 0 Å². The van der Waals surface area contributed by atoms with E-state index in [0.29, 0.717) is 12.2 Å². The number of aryl methyl sites for hydroxylation is 1. The summed E-state index contributed by atoms with van der Waals surface area (Å²) in [6, 6.07) is 7.54. The standard InChI is InChI=1S/C14H15N3O2S/c1-17-9-10(5-11(17)7-15)8-16-12(6-14(18)19)13-3-2-4-20-13/h2-5,9,12,16H,6,8H2,1H3,(H,18,19). The Bertz CT molecular complexity index is 625. The molecule has 0 spiro atoms. The van der Waals surface area contributed by atoms with Gasteiger partial charge in [0.1, 0.15) is 11.8 Å². The Kier molecular flexibility index (Phi) is 4.56. The Morgan fingerprint density at radius 3 is 3.00 bits per heavy atom. The molecule has 0 aromatic carbocycles. The molecular weight excluding hydrogens is 274 g/mol. The van der Waals surface area contributed by atoms with Crippen LogP contribution in [0.5, 0.6) is 0 Å². The van der Waals surface area contributed by atoms with E-state index in [1.54, 1.807) is 10.6 Å². The first-order valence-electron chi connectivity index (χ1n) is 6.14. The second-order valence-corrected chi connectivity index (χ2v) is 5.48. The molecule has 2 heterocycles. The number of carbonyl (C=O) groups is 1. The lowest BCUT2D eigenvalue weighted by Gasteiger charge is -2.14. The maximum absolute atomic E-state index is 10.9.